The second-order valence-corrected chi connectivity index (χ2v) is 5.12. The van der Waals surface area contributed by atoms with Gasteiger partial charge in [0.15, 0.2) is 0 Å². The first-order chi connectivity index (χ1) is 10.2. The fourth-order valence-electron chi connectivity index (χ4n) is 2.51. The lowest BCUT2D eigenvalue weighted by molar-refractivity contribution is -0.383. The molecule has 2 unspecified atom stereocenters. The maximum atomic E-state index is 11.3. The first kappa shape index (κ1) is 15.4. The van der Waals surface area contributed by atoms with E-state index in [1.807, 2.05) is 6.92 Å². The molecule has 1 saturated carbocycles. The maximum Gasteiger partial charge on any atom is 0.353 e. The van der Waals surface area contributed by atoms with E-state index in [2.05, 4.69) is 20.6 Å². The van der Waals surface area contributed by atoms with Gasteiger partial charge in [-0.3, -0.25) is 10.1 Å². The third-order valence-electron chi connectivity index (χ3n) is 3.61. The fourth-order valence-corrected chi connectivity index (χ4v) is 2.51. The number of methoxy groups -OCH3 is 1. The molecule has 0 bridgehead atoms. The van der Waals surface area contributed by atoms with Crippen molar-refractivity contribution >= 4 is 17.3 Å². The summed E-state index contributed by atoms with van der Waals surface area (Å²) in [5.41, 5.74) is -0.0909. The zero-order valence-corrected chi connectivity index (χ0v) is 12.3. The summed E-state index contributed by atoms with van der Waals surface area (Å²) in [7, 11) is 1.69. The second-order valence-electron chi connectivity index (χ2n) is 5.12. The molecule has 2 rings (SSSR count). The van der Waals surface area contributed by atoms with Crippen molar-refractivity contribution in [2.24, 2.45) is 0 Å². The van der Waals surface area contributed by atoms with E-state index in [0.717, 1.165) is 25.7 Å². The Morgan fingerprint density at radius 3 is 2.81 bits per heavy atom. The summed E-state index contributed by atoms with van der Waals surface area (Å²) >= 11 is 0. The SMILES string of the molecule is CCCNc1ncnc(NC2CCC(OC)C2)c1[N+](=O)[O-]. The molecule has 1 aliphatic rings. The lowest BCUT2D eigenvalue weighted by atomic mass is 10.2. The molecule has 1 fully saturated rings. The normalized spacial score (nSPS) is 21.2. The van der Waals surface area contributed by atoms with E-state index < -0.39 is 4.92 Å². The summed E-state index contributed by atoms with van der Waals surface area (Å²) in [4.78, 5) is 18.9. The number of anilines is 2. The third kappa shape index (κ3) is 3.78. The van der Waals surface area contributed by atoms with Crippen molar-refractivity contribution in [2.45, 2.75) is 44.8 Å². The molecule has 1 heterocycles. The average molecular weight is 295 g/mol. The van der Waals surface area contributed by atoms with E-state index in [4.69, 9.17) is 4.74 Å². The number of rotatable bonds is 7. The van der Waals surface area contributed by atoms with E-state index in [1.165, 1.54) is 6.33 Å². The Kier molecular flexibility index (Phi) is 5.26. The number of hydrogen-bond acceptors (Lipinski definition) is 7. The number of nitro groups is 1. The van der Waals surface area contributed by atoms with Crippen molar-refractivity contribution < 1.29 is 9.66 Å². The molecule has 2 atom stereocenters. The molecule has 8 heteroatoms. The number of aromatic nitrogens is 2. The van der Waals surface area contributed by atoms with Gasteiger partial charge in [-0.2, -0.15) is 0 Å². The molecular formula is C13H21N5O3. The molecular weight excluding hydrogens is 274 g/mol. The van der Waals surface area contributed by atoms with Crippen LogP contribution in [0, 0.1) is 10.1 Å². The third-order valence-corrected chi connectivity index (χ3v) is 3.61. The molecule has 2 N–H and O–H groups in total. The Morgan fingerprint density at radius 2 is 2.19 bits per heavy atom. The number of ether oxygens (including phenoxy) is 1. The predicted octanol–water partition coefficient (Wildman–Crippen LogP) is 2.19. The van der Waals surface area contributed by atoms with Crippen LogP contribution in [0.2, 0.25) is 0 Å². The van der Waals surface area contributed by atoms with Crippen LogP contribution in [0.15, 0.2) is 6.33 Å². The van der Waals surface area contributed by atoms with E-state index in [-0.39, 0.29) is 29.5 Å². The van der Waals surface area contributed by atoms with Gasteiger partial charge in [0.05, 0.1) is 11.0 Å². The zero-order valence-electron chi connectivity index (χ0n) is 12.3. The van der Waals surface area contributed by atoms with E-state index in [9.17, 15) is 10.1 Å². The van der Waals surface area contributed by atoms with Gasteiger partial charge >= 0.3 is 5.69 Å². The number of nitrogens with zero attached hydrogens (tertiary/aromatic N) is 3. The number of hydrogen-bond donors (Lipinski definition) is 2. The Balaban J connectivity index is 2.16. The highest BCUT2D eigenvalue weighted by atomic mass is 16.6. The van der Waals surface area contributed by atoms with Crippen LogP contribution >= 0.6 is 0 Å². The monoisotopic (exact) mass is 295 g/mol. The summed E-state index contributed by atoms with van der Waals surface area (Å²) in [6, 6.07) is 0.141. The van der Waals surface area contributed by atoms with Crippen LogP contribution in [0.3, 0.4) is 0 Å². The molecule has 1 aromatic rings. The molecule has 1 aromatic heterocycles. The minimum Gasteiger partial charge on any atom is -0.381 e. The maximum absolute atomic E-state index is 11.3. The molecule has 0 saturated heterocycles. The molecule has 0 aromatic carbocycles. The van der Waals surface area contributed by atoms with Gasteiger partial charge in [-0.25, -0.2) is 9.97 Å². The number of nitrogens with one attached hydrogen (secondary N) is 2. The van der Waals surface area contributed by atoms with Crippen LogP contribution in [0.25, 0.3) is 0 Å². The van der Waals surface area contributed by atoms with Gasteiger partial charge in [0.2, 0.25) is 11.6 Å². The van der Waals surface area contributed by atoms with E-state index in [1.54, 1.807) is 7.11 Å². The zero-order chi connectivity index (χ0) is 15.2. The van der Waals surface area contributed by atoms with Crippen LogP contribution in [-0.4, -0.2) is 40.7 Å². The van der Waals surface area contributed by atoms with Gasteiger partial charge < -0.3 is 15.4 Å². The standard InChI is InChI=1S/C13H21N5O3/c1-3-6-14-12-11(18(19)20)13(16-8-15-12)17-9-4-5-10(7-9)21-2/h8-10H,3-7H2,1-2H3,(H2,14,15,16,17). The van der Waals surface area contributed by atoms with Crippen molar-refractivity contribution in [1.82, 2.24) is 9.97 Å². The summed E-state index contributed by atoms with van der Waals surface area (Å²) in [5, 5.41) is 17.5. The van der Waals surface area contributed by atoms with Crippen LogP contribution < -0.4 is 10.6 Å². The van der Waals surface area contributed by atoms with Crippen LogP contribution in [0.4, 0.5) is 17.3 Å². The van der Waals surface area contributed by atoms with Gasteiger partial charge in [-0.05, 0) is 25.7 Å². The van der Waals surface area contributed by atoms with Crippen LogP contribution in [0.1, 0.15) is 32.6 Å². The quantitative estimate of drug-likeness (QED) is 0.587. The largest absolute Gasteiger partial charge is 0.381 e. The molecule has 1 aliphatic carbocycles. The van der Waals surface area contributed by atoms with Crippen molar-refractivity contribution in [1.29, 1.82) is 0 Å². The molecule has 0 amide bonds. The van der Waals surface area contributed by atoms with Gasteiger partial charge in [-0.15, -0.1) is 0 Å². The minimum atomic E-state index is -0.441. The summed E-state index contributed by atoms with van der Waals surface area (Å²) < 4.78 is 5.31. The lowest BCUT2D eigenvalue weighted by Gasteiger charge is -2.14. The topological polar surface area (TPSA) is 102 Å². The Bertz CT molecular complexity index is 497. The fraction of sp³-hybridized carbons (Fsp3) is 0.692. The van der Waals surface area contributed by atoms with Gasteiger partial charge in [0, 0.05) is 19.7 Å². The van der Waals surface area contributed by atoms with Crippen LogP contribution in [0.5, 0.6) is 0 Å². The predicted molar refractivity (Wildman–Crippen MR) is 79.5 cm³/mol. The smallest absolute Gasteiger partial charge is 0.353 e. The molecule has 0 radical (unpaired) electrons. The Labute approximate surface area is 123 Å². The highest BCUT2D eigenvalue weighted by molar-refractivity contribution is 5.69. The highest BCUT2D eigenvalue weighted by Gasteiger charge is 2.29. The molecule has 116 valence electrons. The molecule has 8 nitrogen and oxygen atoms in total. The lowest BCUT2D eigenvalue weighted by Crippen LogP contribution is -2.19. The van der Waals surface area contributed by atoms with E-state index >= 15 is 0 Å². The highest BCUT2D eigenvalue weighted by Crippen LogP contribution is 2.32. The summed E-state index contributed by atoms with van der Waals surface area (Å²) in [5.74, 6) is 0.538. The van der Waals surface area contributed by atoms with Gasteiger partial charge in [0.1, 0.15) is 6.33 Å². The summed E-state index contributed by atoms with van der Waals surface area (Å²) in [6.45, 7) is 2.62. The van der Waals surface area contributed by atoms with Crippen LogP contribution in [-0.2, 0) is 4.74 Å². The van der Waals surface area contributed by atoms with Gasteiger partial charge in [0.25, 0.3) is 0 Å². The molecule has 0 spiro atoms. The average Bonchev–Trinajstić information content (AvgIpc) is 2.92. The first-order valence-corrected chi connectivity index (χ1v) is 7.18. The van der Waals surface area contributed by atoms with Crippen molar-refractivity contribution in [2.75, 3.05) is 24.3 Å². The summed E-state index contributed by atoms with van der Waals surface area (Å²) in [6.07, 6.45) is 5.11. The van der Waals surface area contributed by atoms with E-state index in [0.29, 0.717) is 6.54 Å². The first-order valence-electron chi connectivity index (χ1n) is 7.18. The van der Waals surface area contributed by atoms with Crippen molar-refractivity contribution in [3.8, 4) is 0 Å². The Morgan fingerprint density at radius 1 is 1.43 bits per heavy atom. The van der Waals surface area contributed by atoms with Gasteiger partial charge in [-0.1, -0.05) is 6.92 Å². The Hall–Kier alpha value is -1.96. The molecule has 0 aliphatic heterocycles. The second kappa shape index (κ2) is 7.16. The minimum absolute atomic E-state index is 0.0909. The molecule has 21 heavy (non-hydrogen) atoms. The van der Waals surface area contributed by atoms with Crippen molar-refractivity contribution in [3.05, 3.63) is 16.4 Å². The van der Waals surface area contributed by atoms with Crippen molar-refractivity contribution in [3.63, 3.8) is 0 Å².